The van der Waals surface area contributed by atoms with Crippen molar-refractivity contribution in [3.63, 3.8) is 0 Å². The fourth-order valence-electron chi connectivity index (χ4n) is 1.37. The van der Waals surface area contributed by atoms with Crippen LogP contribution in [0.25, 0.3) is 0 Å². The predicted molar refractivity (Wildman–Crippen MR) is 61.1 cm³/mol. The number of amidine groups is 1. The summed E-state index contributed by atoms with van der Waals surface area (Å²) in [5.74, 6) is 0.741. The van der Waals surface area contributed by atoms with Crippen LogP contribution in [0.5, 0.6) is 0 Å². The van der Waals surface area contributed by atoms with Gasteiger partial charge in [0, 0.05) is 32.7 Å². The van der Waals surface area contributed by atoms with E-state index in [1.165, 1.54) is 0 Å². The molecule has 0 radical (unpaired) electrons. The van der Waals surface area contributed by atoms with E-state index in [2.05, 4.69) is 24.3 Å². The Bertz CT molecular complexity index is 186. The maximum atomic E-state index is 8.46. The fraction of sp³-hybridized carbons (Fsp3) is 0.900. The third kappa shape index (κ3) is 7.16. The molecule has 4 N–H and O–H groups in total. The summed E-state index contributed by atoms with van der Waals surface area (Å²) < 4.78 is 5.04. The van der Waals surface area contributed by atoms with Crippen molar-refractivity contribution in [2.45, 2.75) is 32.7 Å². The first kappa shape index (κ1) is 14.2. The van der Waals surface area contributed by atoms with Crippen molar-refractivity contribution >= 4 is 5.84 Å². The minimum atomic E-state index is 0.264. The number of methoxy groups -OCH3 is 1. The molecule has 5 heteroatoms. The number of hydrogen-bond acceptors (Lipinski definition) is 4. The van der Waals surface area contributed by atoms with Gasteiger partial charge < -0.3 is 21.0 Å². The lowest BCUT2D eigenvalue weighted by Gasteiger charge is -2.19. The first-order chi connectivity index (χ1) is 7.13. The molecule has 0 aliphatic carbocycles. The second kappa shape index (κ2) is 8.49. The number of rotatable bonds is 8. The Balaban J connectivity index is 3.79. The van der Waals surface area contributed by atoms with Gasteiger partial charge in [-0.2, -0.15) is 0 Å². The van der Waals surface area contributed by atoms with Gasteiger partial charge in [0.15, 0.2) is 0 Å². The number of hydrogen-bond donors (Lipinski definition) is 3. The molecule has 5 nitrogen and oxygen atoms in total. The van der Waals surface area contributed by atoms with Crippen LogP contribution in [0.15, 0.2) is 5.16 Å². The summed E-state index contributed by atoms with van der Waals surface area (Å²) in [5.41, 5.74) is 5.45. The molecule has 0 amide bonds. The minimum Gasteiger partial charge on any atom is -0.409 e. The average Bonchev–Trinajstić information content (AvgIpc) is 2.24. The third-order valence-electron chi connectivity index (χ3n) is 2.28. The van der Waals surface area contributed by atoms with Crippen LogP contribution in [-0.2, 0) is 4.74 Å². The van der Waals surface area contributed by atoms with Crippen LogP contribution in [-0.4, -0.2) is 37.3 Å². The molecular weight excluding hydrogens is 194 g/mol. The zero-order valence-corrected chi connectivity index (χ0v) is 9.86. The molecule has 2 unspecified atom stereocenters. The van der Waals surface area contributed by atoms with Gasteiger partial charge in [-0.05, 0) is 12.3 Å². The second-order valence-corrected chi connectivity index (χ2v) is 3.87. The van der Waals surface area contributed by atoms with E-state index in [0.717, 1.165) is 19.6 Å². The summed E-state index contributed by atoms with van der Waals surface area (Å²) in [7, 11) is 1.70. The molecule has 0 spiro atoms. The Morgan fingerprint density at radius 3 is 2.73 bits per heavy atom. The van der Waals surface area contributed by atoms with Crippen molar-refractivity contribution in [2.24, 2.45) is 16.8 Å². The minimum absolute atomic E-state index is 0.264. The highest BCUT2D eigenvalue weighted by Crippen LogP contribution is 2.00. The lowest BCUT2D eigenvalue weighted by molar-refractivity contribution is 0.156. The molecule has 15 heavy (non-hydrogen) atoms. The van der Waals surface area contributed by atoms with Crippen molar-refractivity contribution in [2.75, 3.05) is 20.3 Å². The highest BCUT2D eigenvalue weighted by Gasteiger charge is 2.10. The molecule has 0 aliphatic heterocycles. The maximum absolute atomic E-state index is 8.46. The number of nitrogens with zero attached hydrogens (tertiary/aromatic N) is 1. The summed E-state index contributed by atoms with van der Waals surface area (Å²) in [4.78, 5) is 0. The zero-order valence-electron chi connectivity index (χ0n) is 9.86. The number of nitrogens with two attached hydrogens (primary N) is 1. The van der Waals surface area contributed by atoms with Crippen molar-refractivity contribution in [3.05, 3.63) is 0 Å². The predicted octanol–water partition coefficient (Wildman–Crippen LogP) is 0.774. The molecule has 0 heterocycles. The van der Waals surface area contributed by atoms with E-state index in [0.29, 0.717) is 12.3 Å². The second-order valence-electron chi connectivity index (χ2n) is 3.87. The molecule has 0 fully saturated rings. The first-order valence-corrected chi connectivity index (χ1v) is 5.32. The van der Waals surface area contributed by atoms with E-state index in [1.54, 1.807) is 7.11 Å². The van der Waals surface area contributed by atoms with Gasteiger partial charge in [-0.1, -0.05) is 19.0 Å². The van der Waals surface area contributed by atoms with E-state index in [9.17, 15) is 0 Å². The lowest BCUT2D eigenvalue weighted by Crippen LogP contribution is -2.36. The van der Waals surface area contributed by atoms with Crippen LogP contribution in [0, 0.1) is 5.92 Å². The van der Waals surface area contributed by atoms with Gasteiger partial charge in [-0.25, -0.2) is 0 Å². The van der Waals surface area contributed by atoms with Gasteiger partial charge in [0.1, 0.15) is 5.84 Å². The molecule has 0 aliphatic rings. The molecule has 90 valence electrons. The third-order valence-corrected chi connectivity index (χ3v) is 2.28. The molecule has 0 saturated heterocycles. The fourth-order valence-corrected chi connectivity index (χ4v) is 1.37. The highest BCUT2D eigenvalue weighted by atomic mass is 16.5. The van der Waals surface area contributed by atoms with Crippen molar-refractivity contribution < 1.29 is 9.94 Å². The zero-order chi connectivity index (χ0) is 11.7. The van der Waals surface area contributed by atoms with Gasteiger partial charge in [0.05, 0.1) is 0 Å². The Hall–Kier alpha value is -0.810. The van der Waals surface area contributed by atoms with E-state index >= 15 is 0 Å². The summed E-state index contributed by atoms with van der Waals surface area (Å²) in [6.45, 7) is 5.81. The lowest BCUT2D eigenvalue weighted by atomic mass is 10.1. The van der Waals surface area contributed by atoms with Crippen LogP contribution in [0.3, 0.4) is 0 Å². The number of nitrogens with one attached hydrogen (secondary N) is 1. The van der Waals surface area contributed by atoms with Gasteiger partial charge in [0.2, 0.25) is 0 Å². The maximum Gasteiger partial charge on any atom is 0.140 e. The first-order valence-electron chi connectivity index (χ1n) is 5.32. The van der Waals surface area contributed by atoms with Gasteiger partial charge in [-0.15, -0.1) is 0 Å². The molecule has 0 aromatic rings. The largest absolute Gasteiger partial charge is 0.409 e. The van der Waals surface area contributed by atoms with E-state index in [1.807, 2.05) is 0 Å². The number of oxime groups is 1. The molecule has 0 aromatic carbocycles. The quantitative estimate of drug-likeness (QED) is 0.243. The van der Waals surface area contributed by atoms with E-state index in [-0.39, 0.29) is 11.9 Å². The van der Waals surface area contributed by atoms with Gasteiger partial charge in [-0.3, -0.25) is 0 Å². The topological polar surface area (TPSA) is 79.9 Å². The molecule has 2 atom stereocenters. The Labute approximate surface area is 91.7 Å². The van der Waals surface area contributed by atoms with Crippen molar-refractivity contribution in [1.82, 2.24) is 5.32 Å². The Morgan fingerprint density at radius 2 is 2.27 bits per heavy atom. The Kier molecular flexibility index (Phi) is 8.04. The molecule has 0 saturated carbocycles. The molecule has 0 rings (SSSR count). The smallest absolute Gasteiger partial charge is 0.140 e. The van der Waals surface area contributed by atoms with Gasteiger partial charge >= 0.3 is 0 Å². The standard InChI is InChI=1S/C10H23N3O2/c1-4-9(5-10(11)13-14)12-6-8(2)7-15-3/h8-9,12,14H,4-7H2,1-3H3,(H2,11,13). The summed E-state index contributed by atoms with van der Waals surface area (Å²) in [5, 5.41) is 14.8. The molecule has 0 bridgehead atoms. The summed E-state index contributed by atoms with van der Waals surface area (Å²) >= 11 is 0. The molecular formula is C10H23N3O2. The summed E-state index contributed by atoms with van der Waals surface area (Å²) in [6, 6.07) is 0.264. The average molecular weight is 217 g/mol. The number of ether oxygens (including phenoxy) is 1. The van der Waals surface area contributed by atoms with Crippen molar-refractivity contribution in [3.8, 4) is 0 Å². The SMILES string of the molecule is CCC(CC(N)=NO)NCC(C)COC. The van der Waals surface area contributed by atoms with Crippen LogP contribution < -0.4 is 11.1 Å². The highest BCUT2D eigenvalue weighted by molar-refractivity contribution is 5.80. The van der Waals surface area contributed by atoms with Gasteiger partial charge in [0.25, 0.3) is 0 Å². The summed E-state index contributed by atoms with van der Waals surface area (Å²) in [6.07, 6.45) is 1.53. The van der Waals surface area contributed by atoms with Crippen LogP contribution >= 0.6 is 0 Å². The normalized spacial score (nSPS) is 16.3. The monoisotopic (exact) mass is 217 g/mol. The van der Waals surface area contributed by atoms with E-state index < -0.39 is 0 Å². The van der Waals surface area contributed by atoms with Crippen LogP contribution in [0.1, 0.15) is 26.7 Å². The molecule has 0 aromatic heterocycles. The van der Waals surface area contributed by atoms with Crippen molar-refractivity contribution in [1.29, 1.82) is 0 Å². The van der Waals surface area contributed by atoms with E-state index in [4.69, 9.17) is 15.7 Å². The van der Waals surface area contributed by atoms with Crippen LogP contribution in [0.2, 0.25) is 0 Å². The van der Waals surface area contributed by atoms with Crippen LogP contribution in [0.4, 0.5) is 0 Å². The Morgan fingerprint density at radius 1 is 1.60 bits per heavy atom.